The van der Waals surface area contributed by atoms with Crippen LogP contribution in [0.1, 0.15) is 5.56 Å². The minimum Gasteiger partial charge on any atom is -0.248 e. The molecule has 0 aliphatic carbocycles. The van der Waals surface area contributed by atoms with Gasteiger partial charge in [-0.05, 0) is 18.6 Å². The van der Waals surface area contributed by atoms with E-state index in [1.807, 2.05) is 13.0 Å². The molecule has 90 valence electrons. The van der Waals surface area contributed by atoms with E-state index in [1.54, 1.807) is 12.1 Å². The number of nitrogens with zero attached hydrogens (tertiary/aromatic N) is 2. The molecule has 1 N–H and O–H groups in total. The fourth-order valence-electron chi connectivity index (χ4n) is 1.30. The van der Waals surface area contributed by atoms with Crippen molar-refractivity contribution in [1.82, 2.24) is 15.2 Å². The van der Waals surface area contributed by atoms with Crippen molar-refractivity contribution in [3.63, 3.8) is 0 Å². The van der Waals surface area contributed by atoms with E-state index in [0.29, 0.717) is 10.6 Å². The van der Waals surface area contributed by atoms with Crippen molar-refractivity contribution in [3.8, 4) is 11.4 Å². The van der Waals surface area contributed by atoms with Crippen LogP contribution in [0.3, 0.4) is 0 Å². The Morgan fingerprint density at radius 2 is 2.06 bits per heavy atom. The van der Waals surface area contributed by atoms with Crippen LogP contribution in [-0.4, -0.2) is 23.6 Å². The quantitative estimate of drug-likeness (QED) is 0.862. The lowest BCUT2D eigenvalue weighted by Gasteiger charge is -2.01. The smallest absolute Gasteiger partial charge is 0.248 e. The molecule has 0 fully saturated rings. The van der Waals surface area contributed by atoms with Gasteiger partial charge in [0.25, 0.3) is 14.2 Å². The first-order valence-electron chi connectivity index (χ1n) is 4.52. The van der Waals surface area contributed by atoms with Crippen molar-refractivity contribution < 1.29 is 8.42 Å². The minimum absolute atomic E-state index is 0.193. The van der Waals surface area contributed by atoms with Gasteiger partial charge in [-0.2, -0.15) is 10.1 Å². The van der Waals surface area contributed by atoms with Crippen LogP contribution in [0.2, 0.25) is 5.02 Å². The van der Waals surface area contributed by atoms with Gasteiger partial charge in [0.15, 0.2) is 5.82 Å². The van der Waals surface area contributed by atoms with E-state index >= 15 is 0 Å². The summed E-state index contributed by atoms with van der Waals surface area (Å²) in [6.07, 6.45) is 0. The summed E-state index contributed by atoms with van der Waals surface area (Å²) >= 11 is 6.07. The molecule has 0 unspecified atom stereocenters. The Bertz CT molecular complexity index is 667. The second-order valence-corrected chi connectivity index (χ2v) is 6.20. The Balaban J connectivity index is 2.55. The molecule has 2 rings (SSSR count). The Morgan fingerprint density at radius 3 is 2.65 bits per heavy atom. The SMILES string of the molecule is Cc1cccc(-c2n[nH]c(S(=O)(=O)Cl)n2)c1Cl. The van der Waals surface area contributed by atoms with Gasteiger partial charge >= 0.3 is 0 Å². The van der Waals surface area contributed by atoms with Gasteiger partial charge in [-0.1, -0.05) is 23.7 Å². The highest BCUT2D eigenvalue weighted by Gasteiger charge is 2.18. The average molecular weight is 292 g/mol. The van der Waals surface area contributed by atoms with Crippen molar-refractivity contribution in [3.05, 3.63) is 28.8 Å². The lowest BCUT2D eigenvalue weighted by atomic mass is 10.1. The first-order chi connectivity index (χ1) is 7.89. The number of benzene rings is 1. The fraction of sp³-hybridized carbons (Fsp3) is 0.111. The number of rotatable bonds is 2. The second kappa shape index (κ2) is 4.29. The van der Waals surface area contributed by atoms with Gasteiger partial charge in [-0.15, -0.1) is 0 Å². The number of H-pyrrole nitrogens is 1. The maximum Gasteiger partial charge on any atom is 0.296 e. The number of aryl methyl sites for hydroxylation is 1. The zero-order valence-corrected chi connectivity index (χ0v) is 10.9. The molecule has 0 amide bonds. The van der Waals surface area contributed by atoms with Gasteiger partial charge in [-0.25, -0.2) is 13.5 Å². The molecule has 1 heterocycles. The molecular formula is C9H7Cl2N3O2S. The molecule has 1 aromatic carbocycles. The number of hydrogen-bond acceptors (Lipinski definition) is 4. The second-order valence-electron chi connectivity index (χ2n) is 3.34. The molecule has 0 bridgehead atoms. The Kier molecular flexibility index (Phi) is 3.11. The number of aromatic nitrogens is 3. The summed E-state index contributed by atoms with van der Waals surface area (Å²) < 4.78 is 22.1. The molecule has 0 aliphatic heterocycles. The Morgan fingerprint density at radius 1 is 1.35 bits per heavy atom. The van der Waals surface area contributed by atoms with E-state index < -0.39 is 14.2 Å². The van der Waals surface area contributed by atoms with Crippen molar-refractivity contribution in [2.24, 2.45) is 0 Å². The largest absolute Gasteiger partial charge is 0.296 e. The maximum atomic E-state index is 11.0. The van der Waals surface area contributed by atoms with Gasteiger partial charge in [0.2, 0.25) is 0 Å². The van der Waals surface area contributed by atoms with E-state index in [9.17, 15) is 8.42 Å². The van der Waals surface area contributed by atoms with Crippen LogP contribution >= 0.6 is 22.3 Å². The van der Waals surface area contributed by atoms with E-state index in [0.717, 1.165) is 5.56 Å². The predicted octanol–water partition coefficient (Wildman–Crippen LogP) is 2.36. The average Bonchev–Trinajstić information content (AvgIpc) is 2.70. The van der Waals surface area contributed by atoms with Gasteiger partial charge in [0.1, 0.15) is 0 Å². The first-order valence-corrected chi connectivity index (χ1v) is 7.21. The Labute approximate surface area is 107 Å². The molecule has 17 heavy (non-hydrogen) atoms. The molecule has 8 heteroatoms. The molecule has 2 aromatic rings. The van der Waals surface area contributed by atoms with Crippen LogP contribution in [0.5, 0.6) is 0 Å². The monoisotopic (exact) mass is 291 g/mol. The number of halogens is 2. The van der Waals surface area contributed by atoms with E-state index in [1.165, 1.54) is 0 Å². The Hall–Kier alpha value is -1.11. The molecule has 0 aliphatic rings. The molecule has 0 saturated heterocycles. The van der Waals surface area contributed by atoms with Gasteiger partial charge in [-0.3, -0.25) is 0 Å². The highest BCUT2D eigenvalue weighted by atomic mass is 35.7. The summed E-state index contributed by atoms with van der Waals surface area (Å²) in [5.74, 6) is 0.193. The van der Waals surface area contributed by atoms with Crippen LogP contribution < -0.4 is 0 Å². The summed E-state index contributed by atoms with van der Waals surface area (Å²) in [4.78, 5) is 3.78. The standard InChI is InChI=1S/C9H7Cl2N3O2S/c1-5-3-2-4-6(7(5)10)8-12-9(14-13-8)17(11,15)16/h2-4H,1H3,(H,12,13,14). The minimum atomic E-state index is -3.91. The summed E-state index contributed by atoms with van der Waals surface area (Å²) in [5, 5.41) is 6.10. The molecular weight excluding hydrogens is 285 g/mol. The lowest BCUT2D eigenvalue weighted by molar-refractivity contribution is 0.602. The zero-order valence-electron chi connectivity index (χ0n) is 8.61. The normalized spacial score (nSPS) is 11.7. The summed E-state index contributed by atoms with van der Waals surface area (Å²) in [6.45, 7) is 1.83. The molecule has 1 aromatic heterocycles. The van der Waals surface area contributed by atoms with Gasteiger partial charge in [0.05, 0.1) is 5.02 Å². The summed E-state index contributed by atoms with van der Waals surface area (Å²) in [7, 11) is 1.22. The summed E-state index contributed by atoms with van der Waals surface area (Å²) in [6, 6.07) is 5.31. The fourth-order valence-corrected chi connectivity index (χ4v) is 2.06. The van der Waals surface area contributed by atoms with Crippen LogP contribution in [0.4, 0.5) is 0 Å². The van der Waals surface area contributed by atoms with Crippen molar-refractivity contribution in [2.45, 2.75) is 12.1 Å². The number of nitrogens with one attached hydrogen (secondary N) is 1. The zero-order chi connectivity index (χ0) is 12.6. The van der Waals surface area contributed by atoms with Crippen LogP contribution in [0.15, 0.2) is 23.4 Å². The predicted molar refractivity (Wildman–Crippen MR) is 64.6 cm³/mol. The summed E-state index contributed by atoms with van der Waals surface area (Å²) in [5.41, 5.74) is 1.40. The molecule has 0 radical (unpaired) electrons. The van der Waals surface area contributed by atoms with Crippen molar-refractivity contribution in [1.29, 1.82) is 0 Å². The van der Waals surface area contributed by atoms with Crippen molar-refractivity contribution in [2.75, 3.05) is 0 Å². The third-order valence-electron chi connectivity index (χ3n) is 2.13. The number of aromatic amines is 1. The van der Waals surface area contributed by atoms with E-state index in [4.69, 9.17) is 22.3 Å². The van der Waals surface area contributed by atoms with Crippen molar-refractivity contribution >= 4 is 31.3 Å². The van der Waals surface area contributed by atoms with Crippen LogP contribution in [0.25, 0.3) is 11.4 Å². The lowest BCUT2D eigenvalue weighted by Crippen LogP contribution is -1.93. The highest BCUT2D eigenvalue weighted by Crippen LogP contribution is 2.28. The van der Waals surface area contributed by atoms with Gasteiger partial charge in [0, 0.05) is 16.2 Å². The first kappa shape index (κ1) is 12.3. The molecule has 0 atom stereocenters. The third kappa shape index (κ3) is 2.43. The molecule has 0 saturated carbocycles. The van der Waals surface area contributed by atoms with Crippen LogP contribution in [0, 0.1) is 6.92 Å². The third-order valence-corrected chi connectivity index (χ3v) is 3.71. The highest BCUT2D eigenvalue weighted by molar-refractivity contribution is 8.13. The number of hydrogen-bond donors (Lipinski definition) is 1. The van der Waals surface area contributed by atoms with E-state index in [-0.39, 0.29) is 5.82 Å². The molecule has 5 nitrogen and oxygen atoms in total. The van der Waals surface area contributed by atoms with Gasteiger partial charge < -0.3 is 0 Å². The topological polar surface area (TPSA) is 75.7 Å². The molecule has 0 spiro atoms. The maximum absolute atomic E-state index is 11.0. The van der Waals surface area contributed by atoms with Crippen LogP contribution in [-0.2, 0) is 9.05 Å². The van der Waals surface area contributed by atoms with E-state index in [2.05, 4.69) is 15.2 Å².